The molecule has 0 bridgehead atoms. The predicted octanol–water partition coefficient (Wildman–Crippen LogP) is 2.04. The summed E-state index contributed by atoms with van der Waals surface area (Å²) < 4.78 is 27.1. The number of hydrogen-bond donors (Lipinski definition) is 2. The van der Waals surface area contributed by atoms with Gasteiger partial charge in [0.25, 0.3) is 0 Å². The smallest absolute Gasteiger partial charge is 0.248 e. The van der Waals surface area contributed by atoms with Gasteiger partial charge in [-0.15, -0.1) is 0 Å². The molecule has 0 atom stereocenters. The van der Waals surface area contributed by atoms with Crippen molar-refractivity contribution in [2.75, 3.05) is 13.1 Å². The van der Waals surface area contributed by atoms with Crippen LogP contribution in [0.4, 0.5) is 0 Å². The molecular formula is C20H25N3O3S. The largest absolute Gasteiger partial charge is 0.366 e. The minimum atomic E-state index is -3.43. The zero-order chi connectivity index (χ0) is 19.4. The van der Waals surface area contributed by atoms with Crippen LogP contribution in [-0.4, -0.2) is 37.8 Å². The van der Waals surface area contributed by atoms with Gasteiger partial charge in [-0.25, -0.2) is 8.42 Å². The van der Waals surface area contributed by atoms with Gasteiger partial charge in [-0.3, -0.25) is 4.79 Å². The molecule has 6 nitrogen and oxygen atoms in total. The third-order valence-corrected chi connectivity index (χ3v) is 6.83. The molecule has 1 aliphatic heterocycles. The first-order chi connectivity index (χ1) is 12.9. The normalized spacial score (nSPS) is 16.3. The van der Waals surface area contributed by atoms with E-state index in [-0.39, 0.29) is 6.04 Å². The standard InChI is InChI=1S/C20H25N3O3S/c1-15-5-7-19(8-6-15)27(25,26)23-11-9-18(10-12-23)22-14-16-3-2-4-17(13-16)20(21)24/h2-8,13,18,22H,9-12,14H2,1H3,(H2,21,24). The summed E-state index contributed by atoms with van der Waals surface area (Å²) in [6.07, 6.45) is 1.50. The highest BCUT2D eigenvalue weighted by Gasteiger charge is 2.29. The summed E-state index contributed by atoms with van der Waals surface area (Å²) >= 11 is 0. The van der Waals surface area contributed by atoms with Crippen molar-refractivity contribution in [3.8, 4) is 0 Å². The zero-order valence-corrected chi connectivity index (χ0v) is 16.2. The Morgan fingerprint density at radius 1 is 1.15 bits per heavy atom. The predicted molar refractivity (Wildman–Crippen MR) is 105 cm³/mol. The van der Waals surface area contributed by atoms with E-state index in [0.717, 1.165) is 24.0 Å². The minimum absolute atomic E-state index is 0.242. The van der Waals surface area contributed by atoms with Gasteiger partial charge < -0.3 is 11.1 Å². The van der Waals surface area contributed by atoms with Gasteiger partial charge in [0.15, 0.2) is 0 Å². The van der Waals surface area contributed by atoms with Crippen LogP contribution in [0.1, 0.15) is 34.3 Å². The number of sulfonamides is 1. The van der Waals surface area contributed by atoms with E-state index in [1.54, 1.807) is 28.6 Å². The molecular weight excluding hydrogens is 362 g/mol. The summed E-state index contributed by atoms with van der Waals surface area (Å²) in [5.41, 5.74) is 7.83. The number of rotatable bonds is 6. The Morgan fingerprint density at radius 3 is 2.44 bits per heavy atom. The molecule has 0 aromatic heterocycles. The molecule has 7 heteroatoms. The quantitative estimate of drug-likeness (QED) is 0.793. The lowest BCUT2D eigenvalue weighted by molar-refractivity contribution is 0.1000. The van der Waals surface area contributed by atoms with Crippen LogP contribution >= 0.6 is 0 Å². The second kappa shape index (κ2) is 8.21. The lowest BCUT2D eigenvalue weighted by atomic mass is 10.1. The highest BCUT2D eigenvalue weighted by atomic mass is 32.2. The fraction of sp³-hybridized carbons (Fsp3) is 0.350. The van der Waals surface area contributed by atoms with Crippen molar-refractivity contribution in [2.24, 2.45) is 5.73 Å². The number of nitrogens with two attached hydrogens (primary N) is 1. The van der Waals surface area contributed by atoms with Gasteiger partial charge in [-0.05, 0) is 49.6 Å². The second-order valence-corrected chi connectivity index (χ2v) is 8.87. The number of primary amides is 1. The Balaban J connectivity index is 1.55. The van der Waals surface area contributed by atoms with Crippen molar-refractivity contribution in [3.05, 3.63) is 65.2 Å². The second-order valence-electron chi connectivity index (χ2n) is 6.94. The third kappa shape index (κ3) is 4.74. The lowest BCUT2D eigenvalue weighted by Gasteiger charge is -2.31. The van der Waals surface area contributed by atoms with Crippen LogP contribution in [0.5, 0.6) is 0 Å². The maximum atomic E-state index is 12.7. The summed E-state index contributed by atoms with van der Waals surface area (Å²) in [7, 11) is -3.43. The Bertz CT molecular complexity index is 902. The van der Waals surface area contributed by atoms with E-state index in [9.17, 15) is 13.2 Å². The highest BCUT2D eigenvalue weighted by molar-refractivity contribution is 7.89. The zero-order valence-electron chi connectivity index (χ0n) is 15.4. The average Bonchev–Trinajstić information content (AvgIpc) is 2.67. The number of piperidine rings is 1. The first kappa shape index (κ1) is 19.5. The monoisotopic (exact) mass is 387 g/mol. The molecule has 144 valence electrons. The van der Waals surface area contributed by atoms with Gasteiger partial charge in [0.2, 0.25) is 15.9 Å². The van der Waals surface area contributed by atoms with E-state index in [2.05, 4.69) is 5.32 Å². The summed E-state index contributed by atoms with van der Waals surface area (Å²) in [5.74, 6) is -0.438. The Labute approximate surface area is 160 Å². The van der Waals surface area contributed by atoms with Gasteiger partial charge in [0.05, 0.1) is 4.90 Å². The lowest BCUT2D eigenvalue weighted by Crippen LogP contribution is -2.44. The van der Waals surface area contributed by atoms with Crippen molar-refractivity contribution in [1.82, 2.24) is 9.62 Å². The van der Waals surface area contributed by atoms with Crippen molar-refractivity contribution in [2.45, 2.75) is 37.2 Å². The summed E-state index contributed by atoms with van der Waals surface area (Å²) in [6, 6.07) is 14.5. The van der Waals surface area contributed by atoms with Crippen LogP contribution in [0.2, 0.25) is 0 Å². The van der Waals surface area contributed by atoms with Crippen LogP contribution in [0.25, 0.3) is 0 Å². The maximum Gasteiger partial charge on any atom is 0.248 e. The first-order valence-corrected chi connectivity index (χ1v) is 10.5. The molecule has 0 spiro atoms. The molecule has 2 aromatic carbocycles. The molecule has 1 amide bonds. The van der Waals surface area contributed by atoms with E-state index < -0.39 is 15.9 Å². The van der Waals surface area contributed by atoms with Gasteiger partial charge in [-0.1, -0.05) is 29.8 Å². The number of carbonyl (C=O) groups is 1. The SMILES string of the molecule is Cc1ccc(S(=O)(=O)N2CCC(NCc3cccc(C(N)=O)c3)CC2)cc1. The number of carbonyl (C=O) groups excluding carboxylic acids is 1. The van der Waals surface area contributed by atoms with Gasteiger partial charge in [0.1, 0.15) is 0 Å². The molecule has 1 aliphatic rings. The van der Waals surface area contributed by atoms with E-state index in [0.29, 0.717) is 30.1 Å². The number of nitrogens with zero attached hydrogens (tertiary/aromatic N) is 1. The number of benzene rings is 2. The molecule has 2 aromatic rings. The van der Waals surface area contributed by atoms with Crippen LogP contribution in [0.15, 0.2) is 53.4 Å². The molecule has 0 aliphatic carbocycles. The fourth-order valence-electron chi connectivity index (χ4n) is 3.26. The average molecular weight is 388 g/mol. The molecule has 1 heterocycles. The fourth-order valence-corrected chi connectivity index (χ4v) is 4.73. The Morgan fingerprint density at radius 2 is 1.81 bits per heavy atom. The molecule has 0 radical (unpaired) electrons. The number of nitrogens with one attached hydrogen (secondary N) is 1. The van der Waals surface area contributed by atoms with Crippen LogP contribution in [-0.2, 0) is 16.6 Å². The number of aryl methyl sites for hydroxylation is 1. The molecule has 1 fully saturated rings. The summed E-state index contributed by atoms with van der Waals surface area (Å²) in [5, 5.41) is 3.45. The Hall–Kier alpha value is -2.22. The van der Waals surface area contributed by atoms with Crippen LogP contribution < -0.4 is 11.1 Å². The van der Waals surface area contributed by atoms with Crippen LogP contribution in [0, 0.1) is 6.92 Å². The minimum Gasteiger partial charge on any atom is -0.366 e. The van der Waals surface area contributed by atoms with E-state index in [4.69, 9.17) is 5.73 Å². The molecule has 3 N–H and O–H groups in total. The van der Waals surface area contributed by atoms with Crippen LogP contribution in [0.3, 0.4) is 0 Å². The first-order valence-electron chi connectivity index (χ1n) is 9.05. The van der Waals surface area contributed by atoms with Crippen molar-refractivity contribution in [1.29, 1.82) is 0 Å². The third-order valence-electron chi connectivity index (χ3n) is 4.92. The molecule has 27 heavy (non-hydrogen) atoms. The van der Waals surface area contributed by atoms with E-state index >= 15 is 0 Å². The van der Waals surface area contributed by atoms with E-state index in [1.807, 2.05) is 31.2 Å². The van der Waals surface area contributed by atoms with Crippen molar-refractivity contribution < 1.29 is 13.2 Å². The topological polar surface area (TPSA) is 92.5 Å². The van der Waals surface area contributed by atoms with Gasteiger partial charge in [-0.2, -0.15) is 4.31 Å². The van der Waals surface area contributed by atoms with Gasteiger partial charge >= 0.3 is 0 Å². The molecule has 0 saturated carbocycles. The molecule has 1 saturated heterocycles. The van der Waals surface area contributed by atoms with Crippen molar-refractivity contribution in [3.63, 3.8) is 0 Å². The number of amides is 1. The molecule has 0 unspecified atom stereocenters. The summed E-state index contributed by atoms with van der Waals surface area (Å²) in [6.45, 7) is 3.55. The number of hydrogen-bond acceptors (Lipinski definition) is 4. The Kier molecular flexibility index (Phi) is 5.94. The van der Waals surface area contributed by atoms with Gasteiger partial charge in [0, 0.05) is 31.2 Å². The summed E-state index contributed by atoms with van der Waals surface area (Å²) in [4.78, 5) is 11.6. The highest BCUT2D eigenvalue weighted by Crippen LogP contribution is 2.21. The van der Waals surface area contributed by atoms with E-state index in [1.165, 1.54) is 0 Å². The maximum absolute atomic E-state index is 12.7. The van der Waals surface area contributed by atoms with Crippen molar-refractivity contribution >= 4 is 15.9 Å². The molecule has 3 rings (SSSR count).